The Labute approximate surface area is 171 Å². The molecule has 0 bridgehead atoms. The number of halogens is 1. The van der Waals surface area contributed by atoms with Gasteiger partial charge in [-0.2, -0.15) is 0 Å². The zero-order valence-electron chi connectivity index (χ0n) is 16.1. The zero-order chi connectivity index (χ0) is 21.0. The summed E-state index contributed by atoms with van der Waals surface area (Å²) in [6.45, 7) is 2.43. The van der Waals surface area contributed by atoms with Crippen LogP contribution in [0.4, 0.5) is 21.9 Å². The number of benzene rings is 2. The molecule has 2 aromatic carbocycles. The third kappa shape index (κ3) is 4.22. The fraction of sp³-hybridized carbons (Fsp3) is 0.200. The average Bonchev–Trinajstić information content (AvgIpc) is 2.71. The largest absolute Gasteiger partial charge is 0.495 e. The van der Waals surface area contributed by atoms with E-state index in [2.05, 4.69) is 16.0 Å². The number of rotatable bonds is 6. The molecule has 0 unspecified atom stereocenters. The molecule has 0 saturated heterocycles. The van der Waals surface area contributed by atoms with Crippen LogP contribution in [0.2, 0.25) is 5.02 Å². The molecule has 0 atom stereocenters. The minimum Gasteiger partial charge on any atom is -0.495 e. The number of anilines is 3. The number of nitrogens with one attached hydrogen (secondary N) is 3. The van der Waals surface area contributed by atoms with Crippen LogP contribution in [0, 0.1) is 0 Å². The Morgan fingerprint density at radius 2 is 1.79 bits per heavy atom. The van der Waals surface area contributed by atoms with E-state index >= 15 is 0 Å². The normalized spacial score (nSPS) is 10.5. The molecule has 152 valence electrons. The summed E-state index contributed by atoms with van der Waals surface area (Å²) < 4.78 is 15.7. The molecule has 9 heteroatoms. The number of hydrogen-bond acceptors (Lipinski definition) is 6. The second-order valence-electron chi connectivity index (χ2n) is 5.93. The lowest BCUT2D eigenvalue weighted by Gasteiger charge is -2.15. The van der Waals surface area contributed by atoms with E-state index in [0.29, 0.717) is 45.4 Å². The molecule has 0 aliphatic rings. The number of urea groups is 1. The van der Waals surface area contributed by atoms with Gasteiger partial charge in [-0.3, -0.25) is 5.32 Å². The number of hydrogen-bond donors (Lipinski definition) is 3. The molecule has 0 fully saturated rings. The summed E-state index contributed by atoms with van der Waals surface area (Å²) in [6, 6.07) is 9.44. The number of fused-ring (bicyclic) bond motifs is 1. The minimum absolute atomic E-state index is 0.00151. The first-order valence-electron chi connectivity index (χ1n) is 8.77. The van der Waals surface area contributed by atoms with Crippen molar-refractivity contribution in [2.24, 2.45) is 0 Å². The van der Waals surface area contributed by atoms with Crippen molar-refractivity contribution in [1.82, 2.24) is 0 Å². The first-order chi connectivity index (χ1) is 14.0. The number of carbonyl (C=O) groups is 1. The summed E-state index contributed by atoms with van der Waals surface area (Å²) in [4.78, 5) is 25.1. The first-order valence-corrected chi connectivity index (χ1v) is 9.15. The molecule has 0 radical (unpaired) electrons. The van der Waals surface area contributed by atoms with Crippen molar-refractivity contribution < 1.29 is 18.7 Å². The Balaban J connectivity index is 1.95. The van der Waals surface area contributed by atoms with Gasteiger partial charge in [-0.25, -0.2) is 9.59 Å². The molecule has 0 aliphatic heterocycles. The summed E-state index contributed by atoms with van der Waals surface area (Å²) >= 11 is 6.13. The number of ether oxygens (including phenoxy) is 2. The highest BCUT2D eigenvalue weighted by atomic mass is 35.5. The van der Waals surface area contributed by atoms with Gasteiger partial charge in [0.1, 0.15) is 17.1 Å². The number of carbonyl (C=O) groups excluding carboxylic acids is 1. The van der Waals surface area contributed by atoms with Gasteiger partial charge in [0.2, 0.25) is 0 Å². The highest BCUT2D eigenvalue weighted by molar-refractivity contribution is 6.32. The van der Waals surface area contributed by atoms with Gasteiger partial charge in [-0.15, -0.1) is 0 Å². The molecular weight excluding hydrogens is 398 g/mol. The maximum Gasteiger partial charge on any atom is 0.362 e. The van der Waals surface area contributed by atoms with Gasteiger partial charge in [0.25, 0.3) is 0 Å². The lowest BCUT2D eigenvalue weighted by molar-refractivity contribution is 0.262. The van der Waals surface area contributed by atoms with Crippen LogP contribution < -0.4 is 31.0 Å². The van der Waals surface area contributed by atoms with Crippen LogP contribution >= 0.6 is 11.6 Å². The van der Waals surface area contributed by atoms with E-state index < -0.39 is 11.7 Å². The fourth-order valence-corrected chi connectivity index (χ4v) is 3.09. The van der Waals surface area contributed by atoms with Crippen LogP contribution in [-0.2, 0) is 0 Å². The second-order valence-corrected chi connectivity index (χ2v) is 6.34. The van der Waals surface area contributed by atoms with Crippen molar-refractivity contribution in [3.63, 3.8) is 0 Å². The van der Waals surface area contributed by atoms with Crippen molar-refractivity contribution in [3.05, 3.63) is 51.8 Å². The van der Waals surface area contributed by atoms with Gasteiger partial charge in [0.15, 0.2) is 5.69 Å². The molecule has 3 rings (SSSR count). The van der Waals surface area contributed by atoms with E-state index in [9.17, 15) is 9.59 Å². The maximum atomic E-state index is 12.6. The summed E-state index contributed by atoms with van der Waals surface area (Å²) in [6.07, 6.45) is 0. The maximum absolute atomic E-state index is 12.6. The minimum atomic E-state index is -0.672. The monoisotopic (exact) mass is 417 g/mol. The van der Waals surface area contributed by atoms with Crippen LogP contribution in [0.5, 0.6) is 11.5 Å². The lowest BCUT2D eigenvalue weighted by atomic mass is 10.2. The molecule has 3 N–H and O–H groups in total. The molecule has 1 aromatic heterocycles. The zero-order valence-corrected chi connectivity index (χ0v) is 16.8. The van der Waals surface area contributed by atoms with Crippen LogP contribution in [0.3, 0.4) is 0 Å². The Hall–Kier alpha value is -3.39. The molecule has 0 aliphatic carbocycles. The van der Waals surface area contributed by atoms with Gasteiger partial charge in [0, 0.05) is 18.0 Å². The summed E-state index contributed by atoms with van der Waals surface area (Å²) in [5.41, 5.74) is 0.541. The average molecular weight is 418 g/mol. The van der Waals surface area contributed by atoms with E-state index in [-0.39, 0.29) is 5.69 Å². The molecule has 0 saturated carbocycles. The number of amides is 2. The molecule has 1 heterocycles. The topological polar surface area (TPSA) is 102 Å². The SMILES string of the molecule is CCNc1c(NC(=O)Nc2cc(Cl)c(OC)cc2OC)c(=O)oc2ccccc12. The smallest absolute Gasteiger partial charge is 0.362 e. The molecule has 2 amide bonds. The number of methoxy groups -OCH3 is 2. The van der Waals surface area contributed by atoms with E-state index in [4.69, 9.17) is 25.5 Å². The highest BCUT2D eigenvalue weighted by Gasteiger charge is 2.18. The fourth-order valence-electron chi connectivity index (χ4n) is 2.85. The van der Waals surface area contributed by atoms with Crippen molar-refractivity contribution in [1.29, 1.82) is 0 Å². The van der Waals surface area contributed by atoms with E-state index in [1.54, 1.807) is 24.3 Å². The molecule has 29 heavy (non-hydrogen) atoms. The first kappa shape index (κ1) is 20.3. The van der Waals surface area contributed by atoms with Gasteiger partial charge in [0.05, 0.1) is 30.6 Å². The van der Waals surface area contributed by atoms with Crippen molar-refractivity contribution in [3.8, 4) is 11.5 Å². The standard InChI is InChI=1S/C20H20ClN3O5/c1-4-22-17-11-7-5-6-8-14(11)29-19(25)18(17)24-20(26)23-13-9-12(21)15(27-2)10-16(13)28-3/h5-10,22H,4H2,1-3H3,(H2,23,24,26). The Kier molecular flexibility index (Phi) is 6.13. The third-order valence-corrected chi connectivity index (χ3v) is 4.42. The van der Waals surface area contributed by atoms with Crippen molar-refractivity contribution in [2.75, 3.05) is 36.7 Å². The molecule has 3 aromatic rings. The van der Waals surface area contributed by atoms with Crippen LogP contribution in [-0.4, -0.2) is 26.8 Å². The van der Waals surface area contributed by atoms with Gasteiger partial charge in [-0.1, -0.05) is 23.7 Å². The molecular formula is C20H20ClN3O5. The van der Waals surface area contributed by atoms with Gasteiger partial charge < -0.3 is 24.5 Å². The highest BCUT2D eigenvalue weighted by Crippen LogP contribution is 2.36. The van der Waals surface area contributed by atoms with Gasteiger partial charge in [-0.05, 0) is 25.1 Å². The van der Waals surface area contributed by atoms with E-state index in [1.807, 2.05) is 13.0 Å². The van der Waals surface area contributed by atoms with Crippen LogP contribution in [0.25, 0.3) is 11.0 Å². The van der Waals surface area contributed by atoms with Crippen LogP contribution in [0.15, 0.2) is 45.6 Å². The predicted octanol–water partition coefficient (Wildman–Crippen LogP) is 4.54. The quantitative estimate of drug-likeness (QED) is 0.509. The summed E-state index contributed by atoms with van der Waals surface area (Å²) in [5.74, 6) is 0.748. The van der Waals surface area contributed by atoms with Crippen molar-refractivity contribution in [2.45, 2.75) is 6.92 Å². The lowest BCUT2D eigenvalue weighted by Crippen LogP contribution is -2.24. The number of para-hydroxylation sites is 1. The Morgan fingerprint density at radius 1 is 1.07 bits per heavy atom. The second kappa shape index (κ2) is 8.74. The van der Waals surface area contributed by atoms with Gasteiger partial charge >= 0.3 is 11.7 Å². The third-order valence-electron chi connectivity index (χ3n) is 4.13. The molecule has 0 spiro atoms. The summed E-state index contributed by atoms with van der Waals surface area (Å²) in [7, 11) is 2.93. The van der Waals surface area contributed by atoms with E-state index in [1.165, 1.54) is 20.3 Å². The Bertz CT molecular complexity index is 1110. The van der Waals surface area contributed by atoms with Crippen LogP contribution in [0.1, 0.15) is 6.92 Å². The predicted molar refractivity (Wildman–Crippen MR) is 114 cm³/mol. The molecule has 8 nitrogen and oxygen atoms in total. The van der Waals surface area contributed by atoms with E-state index in [0.717, 1.165) is 0 Å². The van der Waals surface area contributed by atoms with Crippen molar-refractivity contribution >= 4 is 45.7 Å². The summed E-state index contributed by atoms with van der Waals surface area (Å²) in [5, 5.41) is 9.26. The Morgan fingerprint density at radius 3 is 2.48 bits per heavy atom.